The van der Waals surface area contributed by atoms with Crippen molar-refractivity contribution >= 4 is 34.3 Å². The molecule has 0 spiro atoms. The predicted octanol–water partition coefficient (Wildman–Crippen LogP) is 2.37. The number of aromatic nitrogens is 2. The third-order valence-electron chi connectivity index (χ3n) is 2.00. The molecule has 2 heterocycles. The van der Waals surface area contributed by atoms with Crippen molar-refractivity contribution in [2.75, 3.05) is 5.32 Å². The van der Waals surface area contributed by atoms with Gasteiger partial charge in [0.25, 0.3) is 5.91 Å². The number of oxazole rings is 1. The van der Waals surface area contributed by atoms with Crippen molar-refractivity contribution in [2.45, 2.75) is 6.92 Å². The van der Waals surface area contributed by atoms with Crippen LogP contribution >= 0.6 is 22.6 Å². The third kappa shape index (κ3) is 2.60. The number of anilines is 1. The lowest BCUT2D eigenvalue weighted by Crippen LogP contribution is -2.15. The Bertz CT molecular complexity index is 570. The summed E-state index contributed by atoms with van der Waals surface area (Å²) in [7, 11) is 0. The predicted molar refractivity (Wildman–Crippen MR) is 66.1 cm³/mol. The molecule has 0 atom stereocenters. The Hall–Kier alpha value is -1.51. The van der Waals surface area contributed by atoms with Crippen LogP contribution in [-0.2, 0) is 0 Å². The number of halogens is 2. The molecule has 0 unspecified atom stereocenters. The minimum Gasteiger partial charge on any atom is -0.448 e. The molecule has 1 amide bonds. The smallest absolute Gasteiger partial charge is 0.279 e. The molecule has 0 fully saturated rings. The Morgan fingerprint density at radius 2 is 2.29 bits per heavy atom. The number of pyridine rings is 1. The Morgan fingerprint density at radius 1 is 1.53 bits per heavy atom. The highest BCUT2D eigenvalue weighted by Crippen LogP contribution is 2.17. The molecule has 0 aromatic carbocycles. The maximum absolute atomic E-state index is 12.8. The molecule has 2 aromatic rings. The van der Waals surface area contributed by atoms with Crippen molar-refractivity contribution < 1.29 is 13.6 Å². The van der Waals surface area contributed by atoms with Gasteiger partial charge in [-0.3, -0.25) is 4.79 Å². The Morgan fingerprint density at radius 3 is 2.88 bits per heavy atom. The van der Waals surface area contributed by atoms with Gasteiger partial charge in [-0.1, -0.05) is 0 Å². The van der Waals surface area contributed by atoms with Gasteiger partial charge >= 0.3 is 0 Å². The summed E-state index contributed by atoms with van der Waals surface area (Å²) < 4.78 is 18.2. The summed E-state index contributed by atoms with van der Waals surface area (Å²) in [5.41, 5.74) is 0.187. The van der Waals surface area contributed by atoms with Crippen LogP contribution in [0.2, 0.25) is 0 Å². The van der Waals surface area contributed by atoms with Crippen molar-refractivity contribution in [3.63, 3.8) is 0 Å². The molecule has 0 bridgehead atoms. The summed E-state index contributed by atoms with van der Waals surface area (Å²) in [4.78, 5) is 19.3. The van der Waals surface area contributed by atoms with E-state index in [2.05, 4.69) is 15.3 Å². The Labute approximate surface area is 110 Å². The number of carbonyl (C=O) groups is 1. The first kappa shape index (κ1) is 12.0. The molecule has 0 aliphatic heterocycles. The van der Waals surface area contributed by atoms with Crippen LogP contribution in [-0.4, -0.2) is 15.9 Å². The highest BCUT2D eigenvalue weighted by Gasteiger charge is 2.15. The van der Waals surface area contributed by atoms with Crippen LogP contribution in [0.15, 0.2) is 23.1 Å². The molecule has 0 aliphatic rings. The standard InChI is InChI=1S/C10H7FIN3O2/c1-5-8(14-4-17-5)10(16)15-9-7(12)2-6(11)3-13-9/h2-4H,1H3,(H,13,15,16). The van der Waals surface area contributed by atoms with E-state index in [-0.39, 0.29) is 5.69 Å². The second-order valence-corrected chi connectivity index (χ2v) is 4.36. The molecule has 0 saturated heterocycles. The molecule has 0 radical (unpaired) electrons. The van der Waals surface area contributed by atoms with Gasteiger partial charge in [0.05, 0.1) is 9.77 Å². The van der Waals surface area contributed by atoms with Crippen molar-refractivity contribution in [1.29, 1.82) is 0 Å². The quantitative estimate of drug-likeness (QED) is 0.847. The topological polar surface area (TPSA) is 68.0 Å². The number of hydrogen-bond donors (Lipinski definition) is 1. The van der Waals surface area contributed by atoms with Crippen LogP contribution in [0, 0.1) is 16.3 Å². The highest BCUT2D eigenvalue weighted by atomic mass is 127. The van der Waals surface area contributed by atoms with Crippen molar-refractivity contribution in [3.05, 3.63) is 39.5 Å². The lowest BCUT2D eigenvalue weighted by molar-refractivity contribution is 0.102. The zero-order valence-electron chi connectivity index (χ0n) is 8.70. The van der Waals surface area contributed by atoms with Crippen LogP contribution in [0.25, 0.3) is 0 Å². The second kappa shape index (κ2) is 4.78. The van der Waals surface area contributed by atoms with Crippen LogP contribution in [0.1, 0.15) is 16.2 Å². The fraction of sp³-hybridized carbons (Fsp3) is 0.100. The first-order valence-corrected chi connectivity index (χ1v) is 5.68. The van der Waals surface area contributed by atoms with Gasteiger partial charge < -0.3 is 9.73 Å². The summed E-state index contributed by atoms with van der Waals surface area (Å²) in [6.45, 7) is 1.63. The number of rotatable bonds is 2. The minimum absolute atomic E-state index is 0.187. The van der Waals surface area contributed by atoms with Crippen LogP contribution < -0.4 is 5.32 Å². The first-order chi connectivity index (χ1) is 8.08. The molecule has 7 heteroatoms. The van der Waals surface area contributed by atoms with E-state index in [9.17, 15) is 9.18 Å². The monoisotopic (exact) mass is 347 g/mol. The number of hydrogen-bond acceptors (Lipinski definition) is 4. The van der Waals surface area contributed by atoms with E-state index < -0.39 is 11.7 Å². The van der Waals surface area contributed by atoms with Crippen LogP contribution in [0.3, 0.4) is 0 Å². The van der Waals surface area contributed by atoms with E-state index in [1.807, 2.05) is 22.6 Å². The number of carbonyl (C=O) groups excluding carboxylic acids is 1. The van der Waals surface area contributed by atoms with Gasteiger partial charge in [0, 0.05) is 0 Å². The molecule has 5 nitrogen and oxygen atoms in total. The molecule has 0 aliphatic carbocycles. The molecule has 88 valence electrons. The average Bonchev–Trinajstić information content (AvgIpc) is 2.68. The molecular formula is C10H7FIN3O2. The second-order valence-electron chi connectivity index (χ2n) is 3.20. The van der Waals surface area contributed by atoms with Gasteiger partial charge in [-0.25, -0.2) is 14.4 Å². The van der Waals surface area contributed by atoms with Gasteiger partial charge in [-0.15, -0.1) is 0 Å². The van der Waals surface area contributed by atoms with E-state index in [0.29, 0.717) is 15.1 Å². The Kier molecular flexibility index (Phi) is 3.36. The third-order valence-corrected chi connectivity index (χ3v) is 2.82. The van der Waals surface area contributed by atoms with Crippen LogP contribution in [0.4, 0.5) is 10.2 Å². The van der Waals surface area contributed by atoms with E-state index in [1.54, 1.807) is 6.92 Å². The molecule has 2 rings (SSSR count). The Balaban J connectivity index is 2.22. The van der Waals surface area contributed by atoms with Crippen molar-refractivity contribution in [2.24, 2.45) is 0 Å². The van der Waals surface area contributed by atoms with Gasteiger partial charge in [0.15, 0.2) is 12.1 Å². The lowest BCUT2D eigenvalue weighted by Gasteiger charge is -2.04. The SMILES string of the molecule is Cc1ocnc1C(=O)Nc1ncc(F)cc1I. The molecular weight excluding hydrogens is 340 g/mol. The maximum atomic E-state index is 12.8. The molecule has 1 N–H and O–H groups in total. The summed E-state index contributed by atoms with van der Waals surface area (Å²) in [6, 6.07) is 1.28. The highest BCUT2D eigenvalue weighted by molar-refractivity contribution is 14.1. The number of amides is 1. The first-order valence-electron chi connectivity index (χ1n) is 4.60. The maximum Gasteiger partial charge on any atom is 0.279 e. The summed E-state index contributed by atoms with van der Waals surface area (Å²) in [5.74, 6) is -0.183. The van der Waals surface area contributed by atoms with Gasteiger partial charge in [0.1, 0.15) is 17.4 Å². The van der Waals surface area contributed by atoms with E-state index in [1.165, 1.54) is 12.5 Å². The molecule has 0 saturated carbocycles. The van der Waals surface area contributed by atoms with E-state index in [0.717, 1.165) is 6.20 Å². The minimum atomic E-state index is -0.454. The average molecular weight is 347 g/mol. The lowest BCUT2D eigenvalue weighted by atomic mass is 10.3. The largest absolute Gasteiger partial charge is 0.448 e. The summed E-state index contributed by atoms with van der Waals surface area (Å²) in [5, 5.41) is 2.53. The van der Waals surface area contributed by atoms with Crippen LogP contribution in [0.5, 0.6) is 0 Å². The van der Waals surface area contributed by atoms with Crippen molar-refractivity contribution in [3.8, 4) is 0 Å². The van der Waals surface area contributed by atoms with Gasteiger partial charge in [-0.05, 0) is 35.6 Å². The van der Waals surface area contributed by atoms with Gasteiger partial charge in [0.2, 0.25) is 0 Å². The fourth-order valence-corrected chi connectivity index (χ4v) is 1.77. The normalized spacial score (nSPS) is 10.3. The van der Waals surface area contributed by atoms with Gasteiger partial charge in [-0.2, -0.15) is 0 Å². The summed E-state index contributed by atoms with van der Waals surface area (Å²) in [6.07, 6.45) is 2.22. The fourth-order valence-electron chi connectivity index (χ4n) is 1.20. The van der Waals surface area contributed by atoms with E-state index in [4.69, 9.17) is 4.42 Å². The summed E-state index contributed by atoms with van der Waals surface area (Å²) >= 11 is 1.88. The zero-order valence-corrected chi connectivity index (χ0v) is 10.9. The molecule has 17 heavy (non-hydrogen) atoms. The zero-order chi connectivity index (χ0) is 12.4. The number of nitrogens with one attached hydrogen (secondary N) is 1. The molecule has 2 aromatic heterocycles. The number of aryl methyl sites for hydroxylation is 1. The van der Waals surface area contributed by atoms with E-state index >= 15 is 0 Å². The number of nitrogens with zero attached hydrogens (tertiary/aromatic N) is 2. The van der Waals surface area contributed by atoms with Crippen molar-refractivity contribution in [1.82, 2.24) is 9.97 Å².